The van der Waals surface area contributed by atoms with Crippen molar-refractivity contribution in [2.45, 2.75) is 39.2 Å². The summed E-state index contributed by atoms with van der Waals surface area (Å²) >= 11 is 12.4. The van der Waals surface area contributed by atoms with Crippen LogP contribution in [-0.4, -0.2) is 27.2 Å². The first-order valence-electron chi connectivity index (χ1n) is 12.7. The van der Waals surface area contributed by atoms with Crippen LogP contribution in [0.25, 0.3) is 34.5 Å². The van der Waals surface area contributed by atoms with Crippen molar-refractivity contribution in [2.24, 2.45) is 0 Å². The number of carboxylic acid groups (broad SMARTS) is 1. The Morgan fingerprint density at radius 1 is 0.947 bits per heavy atom. The number of nitrogens with zero attached hydrogens (tertiary/aromatic N) is 2. The Morgan fingerprint density at radius 3 is 2.32 bits per heavy atom. The number of benzene rings is 3. The summed E-state index contributed by atoms with van der Waals surface area (Å²) < 4.78 is 7.87. The van der Waals surface area contributed by atoms with E-state index in [1.54, 1.807) is 6.07 Å². The van der Waals surface area contributed by atoms with Crippen LogP contribution in [0, 0.1) is 0 Å². The number of rotatable bonds is 12. The van der Waals surface area contributed by atoms with Gasteiger partial charge in [-0.15, -0.1) is 0 Å². The first-order valence-corrected chi connectivity index (χ1v) is 13.4. The van der Waals surface area contributed by atoms with Gasteiger partial charge in [0.05, 0.1) is 17.3 Å². The summed E-state index contributed by atoms with van der Waals surface area (Å²) in [4.78, 5) is 15.3. The first kappa shape index (κ1) is 27.5. The second-order valence-electron chi connectivity index (χ2n) is 8.93. The molecule has 196 valence electrons. The molecule has 4 aromatic rings. The molecule has 0 spiro atoms. The maximum atomic E-state index is 10.6. The number of hydrogen-bond acceptors (Lipinski definition) is 3. The quantitative estimate of drug-likeness (QED) is 0.180. The van der Waals surface area contributed by atoms with Crippen molar-refractivity contribution in [1.29, 1.82) is 0 Å². The molecule has 3 aromatic carbocycles. The fourth-order valence-electron chi connectivity index (χ4n) is 4.09. The maximum Gasteiger partial charge on any atom is 0.303 e. The number of aryl methyl sites for hydroxylation is 1. The first-order chi connectivity index (χ1) is 18.4. The number of unbranched alkanes of at least 4 members (excludes halogenated alkanes) is 2. The van der Waals surface area contributed by atoms with Crippen molar-refractivity contribution in [1.82, 2.24) is 9.55 Å². The van der Waals surface area contributed by atoms with E-state index in [1.807, 2.05) is 48.7 Å². The van der Waals surface area contributed by atoms with E-state index < -0.39 is 5.97 Å². The zero-order chi connectivity index (χ0) is 26.9. The lowest BCUT2D eigenvalue weighted by atomic mass is 10.0. The van der Waals surface area contributed by atoms with Gasteiger partial charge in [0.15, 0.2) is 0 Å². The standard InChI is InChI=1S/C31H30Cl2N2O3/c1-2-35-21-29(27-17-14-25(32)20-28(27)33)34-30(35)18-9-22-7-10-23(11-8-22)24-12-15-26(16-13-24)38-19-5-3-4-6-31(36)37/h7-18,20-21H,2-6,19H2,1H3,(H,36,37)/b18-9+. The van der Waals surface area contributed by atoms with E-state index >= 15 is 0 Å². The molecule has 0 amide bonds. The highest BCUT2D eigenvalue weighted by atomic mass is 35.5. The van der Waals surface area contributed by atoms with E-state index in [4.69, 9.17) is 38.0 Å². The minimum atomic E-state index is -0.746. The van der Waals surface area contributed by atoms with Crippen LogP contribution in [0.3, 0.4) is 0 Å². The lowest BCUT2D eigenvalue weighted by Gasteiger charge is -2.08. The van der Waals surface area contributed by atoms with Crippen LogP contribution >= 0.6 is 23.2 Å². The molecule has 0 aliphatic carbocycles. The minimum Gasteiger partial charge on any atom is -0.494 e. The van der Waals surface area contributed by atoms with Gasteiger partial charge >= 0.3 is 5.97 Å². The molecule has 0 unspecified atom stereocenters. The van der Waals surface area contributed by atoms with Crippen molar-refractivity contribution >= 4 is 41.3 Å². The maximum absolute atomic E-state index is 10.6. The largest absolute Gasteiger partial charge is 0.494 e. The Labute approximate surface area is 233 Å². The van der Waals surface area contributed by atoms with Gasteiger partial charge < -0.3 is 14.4 Å². The van der Waals surface area contributed by atoms with Crippen molar-refractivity contribution in [2.75, 3.05) is 6.61 Å². The predicted molar refractivity (Wildman–Crippen MR) is 156 cm³/mol. The number of halogens is 2. The molecule has 0 fully saturated rings. The molecule has 0 saturated carbocycles. The molecule has 1 heterocycles. The van der Waals surface area contributed by atoms with Crippen LogP contribution in [0.2, 0.25) is 10.0 Å². The highest BCUT2D eigenvalue weighted by molar-refractivity contribution is 6.36. The Bertz CT molecular complexity index is 1390. The van der Waals surface area contributed by atoms with Gasteiger partial charge in [-0.2, -0.15) is 0 Å². The molecular weight excluding hydrogens is 519 g/mol. The smallest absolute Gasteiger partial charge is 0.303 e. The number of imidazole rings is 1. The second kappa shape index (κ2) is 13.3. The summed E-state index contributed by atoms with van der Waals surface area (Å²) in [5.74, 6) is 0.927. The summed E-state index contributed by atoms with van der Waals surface area (Å²) in [7, 11) is 0. The lowest BCUT2D eigenvalue weighted by molar-refractivity contribution is -0.137. The highest BCUT2D eigenvalue weighted by Gasteiger charge is 2.10. The van der Waals surface area contributed by atoms with Gasteiger partial charge in [0.2, 0.25) is 0 Å². The summed E-state index contributed by atoms with van der Waals surface area (Å²) in [6.07, 6.45) is 8.67. The fourth-order valence-corrected chi connectivity index (χ4v) is 4.59. The van der Waals surface area contributed by atoms with E-state index in [0.717, 1.165) is 58.9 Å². The highest BCUT2D eigenvalue weighted by Crippen LogP contribution is 2.30. The van der Waals surface area contributed by atoms with Gasteiger partial charge in [0.25, 0.3) is 0 Å². The molecule has 0 atom stereocenters. The molecule has 1 N–H and O–H groups in total. The van der Waals surface area contributed by atoms with Crippen LogP contribution in [0.1, 0.15) is 44.0 Å². The Morgan fingerprint density at radius 2 is 1.66 bits per heavy atom. The van der Waals surface area contributed by atoms with Crippen LogP contribution in [0.4, 0.5) is 0 Å². The normalized spacial score (nSPS) is 11.2. The van der Waals surface area contributed by atoms with Gasteiger partial charge in [-0.25, -0.2) is 4.98 Å². The van der Waals surface area contributed by atoms with E-state index in [0.29, 0.717) is 23.1 Å². The molecule has 0 aliphatic rings. The second-order valence-corrected chi connectivity index (χ2v) is 9.77. The van der Waals surface area contributed by atoms with Crippen molar-refractivity contribution in [3.8, 4) is 28.1 Å². The van der Waals surface area contributed by atoms with Gasteiger partial charge in [-0.3, -0.25) is 4.79 Å². The van der Waals surface area contributed by atoms with E-state index in [-0.39, 0.29) is 6.42 Å². The van der Waals surface area contributed by atoms with Crippen molar-refractivity contribution < 1.29 is 14.6 Å². The van der Waals surface area contributed by atoms with Gasteiger partial charge in [-0.1, -0.05) is 65.7 Å². The van der Waals surface area contributed by atoms with Crippen LogP contribution in [0.5, 0.6) is 5.75 Å². The average molecular weight is 549 g/mol. The monoisotopic (exact) mass is 548 g/mol. The Kier molecular flexibility index (Phi) is 9.63. The molecule has 0 radical (unpaired) electrons. The molecule has 1 aromatic heterocycles. The topological polar surface area (TPSA) is 64.4 Å². The summed E-state index contributed by atoms with van der Waals surface area (Å²) in [6, 6.07) is 21.8. The molecule has 0 bridgehead atoms. The minimum absolute atomic E-state index is 0.215. The third kappa shape index (κ3) is 7.50. The fraction of sp³-hybridized carbons (Fsp3) is 0.226. The molecule has 38 heavy (non-hydrogen) atoms. The summed E-state index contributed by atoms with van der Waals surface area (Å²) in [6.45, 7) is 3.46. The van der Waals surface area contributed by atoms with Crippen molar-refractivity contribution in [3.63, 3.8) is 0 Å². The van der Waals surface area contributed by atoms with Crippen molar-refractivity contribution in [3.05, 3.63) is 94.4 Å². The SMILES string of the molecule is CCn1cc(-c2ccc(Cl)cc2Cl)nc1/C=C/c1ccc(-c2ccc(OCCCCCC(=O)O)cc2)cc1. The summed E-state index contributed by atoms with van der Waals surface area (Å²) in [5, 5.41) is 9.86. The number of ether oxygens (including phenoxy) is 1. The van der Waals surface area contributed by atoms with Gasteiger partial charge in [-0.05, 0) is 79.3 Å². The predicted octanol–water partition coefficient (Wildman–Crippen LogP) is 8.74. The molecule has 0 saturated heterocycles. The third-order valence-corrected chi connectivity index (χ3v) is 6.73. The number of aliphatic carboxylic acids is 1. The number of carboxylic acids is 1. The molecule has 4 rings (SSSR count). The number of aromatic nitrogens is 2. The molecular formula is C31H30Cl2N2O3. The lowest BCUT2D eigenvalue weighted by Crippen LogP contribution is -1.99. The van der Waals surface area contributed by atoms with Gasteiger partial charge in [0.1, 0.15) is 11.6 Å². The number of hydrogen-bond donors (Lipinski definition) is 1. The van der Waals surface area contributed by atoms with E-state index in [2.05, 4.69) is 41.8 Å². The Hall–Kier alpha value is -3.54. The zero-order valence-corrected chi connectivity index (χ0v) is 22.8. The van der Waals surface area contributed by atoms with Gasteiger partial charge in [0, 0.05) is 29.7 Å². The molecule has 5 nitrogen and oxygen atoms in total. The van der Waals surface area contributed by atoms with Crippen LogP contribution in [-0.2, 0) is 11.3 Å². The van der Waals surface area contributed by atoms with E-state index in [1.165, 1.54) is 0 Å². The Balaban J connectivity index is 1.36. The molecule has 0 aliphatic heterocycles. The average Bonchev–Trinajstić information content (AvgIpc) is 3.33. The van der Waals surface area contributed by atoms with Crippen LogP contribution in [0.15, 0.2) is 72.9 Å². The third-order valence-electron chi connectivity index (χ3n) is 6.18. The number of carbonyl (C=O) groups is 1. The van der Waals surface area contributed by atoms with Crippen LogP contribution < -0.4 is 4.74 Å². The molecule has 7 heteroatoms. The summed E-state index contributed by atoms with van der Waals surface area (Å²) in [5.41, 5.74) is 4.98. The van der Waals surface area contributed by atoms with E-state index in [9.17, 15) is 4.79 Å². The zero-order valence-electron chi connectivity index (χ0n) is 21.2.